The summed E-state index contributed by atoms with van der Waals surface area (Å²) in [5.74, 6) is -0.508. The summed E-state index contributed by atoms with van der Waals surface area (Å²) in [5, 5.41) is 0.825. The van der Waals surface area contributed by atoms with Crippen molar-refractivity contribution in [2.45, 2.75) is 38.3 Å². The zero-order valence-electron chi connectivity index (χ0n) is 13.0. The van der Waals surface area contributed by atoms with Crippen LogP contribution in [0.4, 0.5) is 4.79 Å². The summed E-state index contributed by atoms with van der Waals surface area (Å²) in [6.07, 6.45) is -0.579. The predicted molar refractivity (Wildman–Crippen MR) is 86.8 cm³/mol. The van der Waals surface area contributed by atoms with Crippen LogP contribution in [0.3, 0.4) is 0 Å². The van der Waals surface area contributed by atoms with Crippen molar-refractivity contribution in [2.75, 3.05) is 6.61 Å². The molecule has 1 aromatic heterocycles. The molecule has 2 rings (SSSR count). The number of aromatic nitrogens is 1. The third-order valence-corrected chi connectivity index (χ3v) is 3.33. The van der Waals surface area contributed by atoms with Crippen LogP contribution in [-0.2, 0) is 9.47 Å². The van der Waals surface area contributed by atoms with Gasteiger partial charge in [0.1, 0.15) is 5.60 Å². The van der Waals surface area contributed by atoms with E-state index in [0.29, 0.717) is 10.9 Å². The molecule has 0 amide bonds. The van der Waals surface area contributed by atoms with E-state index in [-0.39, 0.29) is 17.2 Å². The van der Waals surface area contributed by atoms with Crippen LogP contribution in [0.15, 0.2) is 29.3 Å². The van der Waals surface area contributed by atoms with Crippen molar-refractivity contribution >= 4 is 35.6 Å². The van der Waals surface area contributed by atoms with E-state index in [9.17, 15) is 9.59 Å². The number of benzene rings is 1. The van der Waals surface area contributed by atoms with Gasteiger partial charge < -0.3 is 9.47 Å². The van der Waals surface area contributed by atoms with Crippen molar-refractivity contribution in [1.29, 1.82) is 0 Å². The maximum absolute atomic E-state index is 12.4. The Labute approximate surface area is 134 Å². The minimum absolute atomic E-state index is 0.217. The van der Waals surface area contributed by atoms with Gasteiger partial charge in [-0.05, 0) is 33.8 Å². The third-order valence-electron chi connectivity index (χ3n) is 2.91. The monoisotopic (exact) mass is 321 g/mol. The van der Waals surface area contributed by atoms with Gasteiger partial charge in [0.2, 0.25) is 0 Å². The summed E-state index contributed by atoms with van der Waals surface area (Å²) in [6.45, 7) is 7.31. The second kappa shape index (κ2) is 6.04. The molecule has 1 aromatic carbocycles. The van der Waals surface area contributed by atoms with Crippen LogP contribution < -0.4 is 0 Å². The van der Waals surface area contributed by atoms with Gasteiger partial charge in [0.15, 0.2) is 0 Å². The molecular weight excluding hydrogens is 302 g/mol. The van der Waals surface area contributed by atoms with E-state index in [4.69, 9.17) is 9.47 Å². The Balaban J connectivity index is 2.63. The van der Waals surface area contributed by atoms with Gasteiger partial charge in [-0.2, -0.15) is 0 Å². The van der Waals surface area contributed by atoms with Gasteiger partial charge in [-0.15, -0.1) is 12.6 Å². The first-order chi connectivity index (χ1) is 10.3. The number of rotatable bonds is 2. The zero-order valence-corrected chi connectivity index (χ0v) is 13.9. The van der Waals surface area contributed by atoms with Gasteiger partial charge >= 0.3 is 12.1 Å². The van der Waals surface area contributed by atoms with Crippen LogP contribution in [-0.4, -0.2) is 28.8 Å². The Bertz CT molecular complexity index is 728. The van der Waals surface area contributed by atoms with Gasteiger partial charge in [0.05, 0.1) is 22.7 Å². The zero-order chi connectivity index (χ0) is 16.5. The van der Waals surface area contributed by atoms with Crippen molar-refractivity contribution in [1.82, 2.24) is 4.57 Å². The molecule has 0 radical (unpaired) electrons. The SMILES string of the molecule is CCOC(=O)c1c(S)n(C(=O)OC(C)(C)C)c2ccccc12. The fourth-order valence-corrected chi connectivity index (χ4v) is 2.52. The summed E-state index contributed by atoms with van der Waals surface area (Å²) in [6, 6.07) is 7.06. The molecule has 0 aliphatic heterocycles. The molecule has 118 valence electrons. The highest BCUT2D eigenvalue weighted by Crippen LogP contribution is 2.30. The quantitative estimate of drug-likeness (QED) is 0.673. The van der Waals surface area contributed by atoms with Crippen molar-refractivity contribution in [3.63, 3.8) is 0 Å². The molecule has 0 aliphatic rings. The fourth-order valence-electron chi connectivity index (χ4n) is 2.12. The number of esters is 1. The standard InChI is InChI=1S/C16H19NO4S/c1-5-20-14(18)12-10-8-6-7-9-11(10)17(13(12)22)15(19)21-16(2,3)4/h6-9,22H,5H2,1-4H3. The number of fused-ring (bicyclic) bond motifs is 1. The number of ether oxygens (including phenoxy) is 2. The Morgan fingerprint density at radius 3 is 2.45 bits per heavy atom. The van der Waals surface area contributed by atoms with Crippen LogP contribution in [0, 0.1) is 0 Å². The van der Waals surface area contributed by atoms with E-state index in [0.717, 1.165) is 0 Å². The largest absolute Gasteiger partial charge is 0.462 e. The predicted octanol–water partition coefficient (Wildman–Crippen LogP) is 3.89. The molecule has 2 aromatic rings. The van der Waals surface area contributed by atoms with E-state index in [2.05, 4.69) is 12.6 Å². The van der Waals surface area contributed by atoms with Gasteiger partial charge in [-0.1, -0.05) is 18.2 Å². The summed E-state index contributed by atoms with van der Waals surface area (Å²) in [4.78, 5) is 24.6. The number of hydrogen-bond donors (Lipinski definition) is 1. The smallest absolute Gasteiger partial charge is 0.419 e. The lowest BCUT2D eigenvalue weighted by atomic mass is 10.2. The van der Waals surface area contributed by atoms with Crippen molar-refractivity contribution in [3.8, 4) is 0 Å². The summed E-state index contributed by atoms with van der Waals surface area (Å²) >= 11 is 4.35. The molecule has 5 nitrogen and oxygen atoms in total. The number of para-hydroxylation sites is 1. The average molecular weight is 321 g/mol. The number of carbonyl (C=O) groups is 2. The van der Waals surface area contributed by atoms with E-state index in [1.807, 2.05) is 0 Å². The molecule has 0 aliphatic carbocycles. The van der Waals surface area contributed by atoms with Crippen LogP contribution in [0.5, 0.6) is 0 Å². The maximum atomic E-state index is 12.4. The Morgan fingerprint density at radius 2 is 1.86 bits per heavy atom. The Hall–Kier alpha value is -1.95. The highest BCUT2D eigenvalue weighted by molar-refractivity contribution is 7.80. The molecule has 6 heteroatoms. The van der Waals surface area contributed by atoms with Crippen LogP contribution in [0.2, 0.25) is 0 Å². The maximum Gasteiger partial charge on any atom is 0.419 e. The van der Waals surface area contributed by atoms with Crippen LogP contribution in [0.25, 0.3) is 10.9 Å². The Morgan fingerprint density at radius 1 is 1.23 bits per heavy atom. The molecule has 1 heterocycles. The number of hydrogen-bond acceptors (Lipinski definition) is 5. The molecule has 0 atom stereocenters. The normalized spacial score (nSPS) is 11.5. The first-order valence-electron chi connectivity index (χ1n) is 6.99. The van der Waals surface area contributed by atoms with Gasteiger partial charge in [-0.25, -0.2) is 14.2 Å². The molecule has 0 saturated carbocycles. The van der Waals surface area contributed by atoms with Crippen molar-refractivity contribution < 1.29 is 19.1 Å². The fraction of sp³-hybridized carbons (Fsp3) is 0.375. The van der Waals surface area contributed by atoms with E-state index in [1.54, 1.807) is 52.0 Å². The minimum Gasteiger partial charge on any atom is -0.462 e. The molecule has 0 saturated heterocycles. The Kier molecular flexibility index (Phi) is 4.51. The molecule has 0 unspecified atom stereocenters. The molecule has 0 bridgehead atoms. The van der Waals surface area contributed by atoms with Crippen molar-refractivity contribution in [2.24, 2.45) is 0 Å². The van der Waals surface area contributed by atoms with Crippen LogP contribution in [0.1, 0.15) is 38.1 Å². The lowest BCUT2D eigenvalue weighted by molar-refractivity contribution is 0.0516. The number of nitrogens with zero attached hydrogens (tertiary/aromatic N) is 1. The highest BCUT2D eigenvalue weighted by atomic mass is 32.1. The van der Waals surface area contributed by atoms with Crippen molar-refractivity contribution in [3.05, 3.63) is 29.8 Å². The number of carbonyl (C=O) groups excluding carboxylic acids is 2. The van der Waals surface area contributed by atoms with Crippen LogP contribution >= 0.6 is 12.6 Å². The molecule has 0 spiro atoms. The van der Waals surface area contributed by atoms with E-state index < -0.39 is 17.7 Å². The summed E-state index contributed by atoms with van der Waals surface area (Å²) in [7, 11) is 0. The number of thiol groups is 1. The molecule has 0 N–H and O–H groups in total. The highest BCUT2D eigenvalue weighted by Gasteiger charge is 2.27. The second-order valence-corrected chi connectivity index (χ2v) is 6.18. The lowest BCUT2D eigenvalue weighted by Crippen LogP contribution is -2.27. The van der Waals surface area contributed by atoms with Gasteiger partial charge in [-0.3, -0.25) is 0 Å². The average Bonchev–Trinajstić information content (AvgIpc) is 2.69. The first-order valence-corrected chi connectivity index (χ1v) is 7.44. The van der Waals surface area contributed by atoms with E-state index >= 15 is 0 Å². The molecule has 0 fully saturated rings. The van der Waals surface area contributed by atoms with Gasteiger partial charge in [0, 0.05) is 5.39 Å². The third kappa shape index (κ3) is 3.11. The topological polar surface area (TPSA) is 57.5 Å². The summed E-state index contributed by atoms with van der Waals surface area (Å²) in [5.41, 5.74) is 0.184. The van der Waals surface area contributed by atoms with E-state index in [1.165, 1.54) is 4.57 Å². The second-order valence-electron chi connectivity index (χ2n) is 5.75. The summed E-state index contributed by atoms with van der Waals surface area (Å²) < 4.78 is 11.7. The lowest BCUT2D eigenvalue weighted by Gasteiger charge is -2.20. The first kappa shape index (κ1) is 16.4. The molecule has 22 heavy (non-hydrogen) atoms. The molecular formula is C16H19NO4S. The van der Waals surface area contributed by atoms with Gasteiger partial charge in [0.25, 0.3) is 0 Å². The minimum atomic E-state index is -0.646.